The lowest BCUT2D eigenvalue weighted by molar-refractivity contribution is -0.119. The van der Waals surface area contributed by atoms with Crippen LogP contribution >= 0.6 is 11.3 Å². The number of likely N-dealkylation sites (N-methyl/N-ethyl adjacent to an activating group) is 1. The van der Waals surface area contributed by atoms with Gasteiger partial charge in [0.25, 0.3) is 0 Å². The minimum atomic E-state index is -0.309. The van der Waals surface area contributed by atoms with Crippen LogP contribution in [-0.4, -0.2) is 24.3 Å². The number of Topliss-reactive ketones (excluding diaryl/α,β-unsaturated/α-hetero) is 1. The summed E-state index contributed by atoms with van der Waals surface area (Å²) in [6.45, 7) is 1.09. The van der Waals surface area contributed by atoms with Crippen LogP contribution in [0.3, 0.4) is 0 Å². The van der Waals surface area contributed by atoms with Crippen molar-refractivity contribution < 1.29 is 9.18 Å². The van der Waals surface area contributed by atoms with Gasteiger partial charge in [-0.25, -0.2) is 4.39 Å². The van der Waals surface area contributed by atoms with Crippen molar-refractivity contribution in [2.75, 3.05) is 13.6 Å². The highest BCUT2D eigenvalue weighted by Gasteiger charge is 2.11. The van der Waals surface area contributed by atoms with E-state index in [9.17, 15) is 9.18 Å². The van der Waals surface area contributed by atoms with Gasteiger partial charge in [-0.1, -0.05) is 24.3 Å². The first kappa shape index (κ1) is 13.9. The lowest BCUT2D eigenvalue weighted by Gasteiger charge is -2.14. The third-order valence-corrected chi connectivity index (χ3v) is 3.66. The second kappa shape index (κ2) is 6.59. The maximum absolute atomic E-state index is 13.4. The summed E-state index contributed by atoms with van der Waals surface area (Å²) in [7, 11) is 1.90. The summed E-state index contributed by atoms with van der Waals surface area (Å²) in [5.74, 6) is -0.277. The first-order valence-corrected chi connectivity index (χ1v) is 6.99. The Balaban J connectivity index is 1.86. The molecule has 0 aliphatic heterocycles. The zero-order valence-corrected chi connectivity index (χ0v) is 11.6. The molecule has 0 saturated carbocycles. The van der Waals surface area contributed by atoms with Crippen LogP contribution in [0.5, 0.6) is 0 Å². The Labute approximate surface area is 116 Å². The molecule has 1 aromatic carbocycles. The summed E-state index contributed by atoms with van der Waals surface area (Å²) in [6.07, 6.45) is 0.154. The Bertz CT molecular complexity index is 539. The number of ketones is 1. The molecule has 0 saturated heterocycles. The molecule has 0 spiro atoms. The van der Waals surface area contributed by atoms with E-state index >= 15 is 0 Å². The van der Waals surface area contributed by atoms with E-state index in [1.54, 1.807) is 29.5 Å². The molecule has 4 heteroatoms. The summed E-state index contributed by atoms with van der Waals surface area (Å²) in [5.41, 5.74) is 0.469. The lowest BCUT2D eigenvalue weighted by atomic mass is 10.1. The van der Waals surface area contributed by atoms with Crippen molar-refractivity contribution in [2.24, 2.45) is 0 Å². The molecule has 0 aliphatic carbocycles. The van der Waals surface area contributed by atoms with Gasteiger partial charge in [-0.3, -0.25) is 9.69 Å². The minimum absolute atomic E-state index is 0.0316. The Hall–Kier alpha value is -1.52. The molecule has 0 N–H and O–H groups in total. The summed E-state index contributed by atoms with van der Waals surface area (Å²) >= 11 is 1.67. The maximum atomic E-state index is 13.4. The molecule has 0 atom stereocenters. The predicted octanol–water partition coefficient (Wildman–Crippen LogP) is 3.13. The molecule has 2 rings (SSSR count). The van der Waals surface area contributed by atoms with Crippen LogP contribution in [0.2, 0.25) is 0 Å². The van der Waals surface area contributed by atoms with E-state index in [2.05, 4.69) is 0 Å². The monoisotopic (exact) mass is 277 g/mol. The number of carbonyl (C=O) groups is 1. The van der Waals surface area contributed by atoms with Crippen molar-refractivity contribution in [1.82, 2.24) is 4.90 Å². The first-order valence-electron chi connectivity index (χ1n) is 6.11. The minimum Gasteiger partial charge on any atom is -0.298 e. The summed E-state index contributed by atoms with van der Waals surface area (Å²) in [4.78, 5) is 15.1. The second-order valence-electron chi connectivity index (χ2n) is 4.56. The van der Waals surface area contributed by atoms with Gasteiger partial charge in [0, 0.05) is 17.8 Å². The molecule has 19 heavy (non-hydrogen) atoms. The highest BCUT2D eigenvalue weighted by molar-refractivity contribution is 7.09. The van der Waals surface area contributed by atoms with Crippen molar-refractivity contribution in [3.8, 4) is 0 Å². The molecule has 0 radical (unpaired) electrons. The quantitative estimate of drug-likeness (QED) is 0.808. The molecule has 1 heterocycles. The molecule has 100 valence electrons. The summed E-state index contributed by atoms with van der Waals surface area (Å²) in [5, 5.41) is 2.02. The standard InChI is InChI=1S/C15H16FNOS/c1-17(11-14-6-4-8-19-14)10-13(18)9-12-5-2-3-7-15(12)16/h2-8H,9-11H2,1H3. The molecule has 0 aliphatic rings. The van der Waals surface area contributed by atoms with Crippen LogP contribution in [0.1, 0.15) is 10.4 Å². The van der Waals surface area contributed by atoms with Crippen LogP contribution in [0.15, 0.2) is 41.8 Å². The van der Waals surface area contributed by atoms with Gasteiger partial charge in [0.15, 0.2) is 5.78 Å². The number of benzene rings is 1. The average molecular weight is 277 g/mol. The number of rotatable bonds is 6. The zero-order chi connectivity index (χ0) is 13.7. The van der Waals surface area contributed by atoms with Crippen molar-refractivity contribution in [1.29, 1.82) is 0 Å². The fourth-order valence-corrected chi connectivity index (χ4v) is 2.72. The molecule has 2 nitrogen and oxygen atoms in total. The summed E-state index contributed by atoms with van der Waals surface area (Å²) < 4.78 is 13.4. The van der Waals surface area contributed by atoms with Crippen LogP contribution in [-0.2, 0) is 17.8 Å². The molecular formula is C15H16FNOS. The van der Waals surface area contributed by atoms with Gasteiger partial charge in [-0.15, -0.1) is 11.3 Å². The third-order valence-electron chi connectivity index (χ3n) is 2.80. The normalized spacial score (nSPS) is 10.9. The molecule has 2 aromatic rings. The Morgan fingerprint density at radius 1 is 1.26 bits per heavy atom. The fraction of sp³-hybridized carbons (Fsp3) is 0.267. The van der Waals surface area contributed by atoms with Gasteiger partial charge >= 0.3 is 0 Å². The van der Waals surface area contributed by atoms with E-state index in [0.29, 0.717) is 12.1 Å². The Morgan fingerprint density at radius 3 is 2.74 bits per heavy atom. The van der Waals surface area contributed by atoms with E-state index in [1.165, 1.54) is 10.9 Å². The maximum Gasteiger partial charge on any atom is 0.151 e. The number of nitrogens with zero attached hydrogens (tertiary/aromatic N) is 1. The first-order chi connectivity index (χ1) is 9.15. The number of carbonyl (C=O) groups excluding carboxylic acids is 1. The predicted molar refractivity (Wildman–Crippen MR) is 75.8 cm³/mol. The van der Waals surface area contributed by atoms with E-state index in [0.717, 1.165) is 6.54 Å². The Kier molecular flexibility index (Phi) is 4.82. The van der Waals surface area contributed by atoms with Crippen molar-refractivity contribution in [3.05, 3.63) is 58.0 Å². The molecule has 0 unspecified atom stereocenters. The van der Waals surface area contributed by atoms with Crippen molar-refractivity contribution in [3.63, 3.8) is 0 Å². The van der Waals surface area contributed by atoms with Crippen molar-refractivity contribution in [2.45, 2.75) is 13.0 Å². The van der Waals surface area contributed by atoms with E-state index in [1.807, 2.05) is 29.5 Å². The third kappa shape index (κ3) is 4.26. The Morgan fingerprint density at radius 2 is 2.05 bits per heavy atom. The van der Waals surface area contributed by atoms with Crippen LogP contribution in [0.4, 0.5) is 4.39 Å². The molecule has 0 fully saturated rings. The highest BCUT2D eigenvalue weighted by Crippen LogP contribution is 2.11. The van der Waals surface area contributed by atoms with E-state index < -0.39 is 0 Å². The van der Waals surface area contributed by atoms with Crippen LogP contribution in [0.25, 0.3) is 0 Å². The molecule has 0 amide bonds. The summed E-state index contributed by atoms with van der Waals surface area (Å²) in [6, 6.07) is 10.5. The van der Waals surface area contributed by atoms with Gasteiger partial charge in [-0.05, 0) is 30.1 Å². The van der Waals surface area contributed by atoms with Crippen molar-refractivity contribution >= 4 is 17.1 Å². The second-order valence-corrected chi connectivity index (χ2v) is 5.59. The van der Waals surface area contributed by atoms with Crippen LogP contribution in [0, 0.1) is 5.82 Å². The van der Waals surface area contributed by atoms with E-state index in [-0.39, 0.29) is 18.0 Å². The topological polar surface area (TPSA) is 20.3 Å². The molecular weight excluding hydrogens is 261 g/mol. The average Bonchev–Trinajstić information content (AvgIpc) is 2.84. The zero-order valence-electron chi connectivity index (χ0n) is 10.8. The fourth-order valence-electron chi connectivity index (χ4n) is 1.94. The van der Waals surface area contributed by atoms with Gasteiger partial charge in [0.1, 0.15) is 5.82 Å². The van der Waals surface area contributed by atoms with Gasteiger partial charge in [-0.2, -0.15) is 0 Å². The number of halogens is 1. The largest absolute Gasteiger partial charge is 0.298 e. The van der Waals surface area contributed by atoms with E-state index in [4.69, 9.17) is 0 Å². The SMILES string of the molecule is CN(CC(=O)Cc1ccccc1F)Cc1cccs1. The number of thiophene rings is 1. The lowest BCUT2D eigenvalue weighted by Crippen LogP contribution is -2.26. The number of hydrogen-bond acceptors (Lipinski definition) is 3. The van der Waals surface area contributed by atoms with Gasteiger partial charge < -0.3 is 0 Å². The highest BCUT2D eigenvalue weighted by atomic mass is 32.1. The van der Waals surface area contributed by atoms with Gasteiger partial charge in [0.05, 0.1) is 6.54 Å². The van der Waals surface area contributed by atoms with Crippen LogP contribution < -0.4 is 0 Å². The molecule has 1 aromatic heterocycles. The smallest absolute Gasteiger partial charge is 0.151 e. The number of hydrogen-bond donors (Lipinski definition) is 0. The van der Waals surface area contributed by atoms with Gasteiger partial charge in [0.2, 0.25) is 0 Å². The molecule has 0 bridgehead atoms.